The molecule has 34 heteroatoms. The van der Waals surface area contributed by atoms with E-state index in [2.05, 4.69) is 117 Å². The zero-order chi connectivity index (χ0) is 112. The molecule has 12 unspecified atom stereocenters. The molecule has 8 aliphatic rings. The van der Waals surface area contributed by atoms with Gasteiger partial charge in [-0.1, -0.05) is 158 Å². The van der Waals surface area contributed by atoms with Crippen LogP contribution < -0.4 is 4.74 Å². The van der Waals surface area contributed by atoms with Crippen molar-refractivity contribution in [2.45, 2.75) is 414 Å². The first-order valence-corrected chi connectivity index (χ1v) is 56.0. The maximum Gasteiger partial charge on any atom is 0.317 e. The van der Waals surface area contributed by atoms with E-state index < -0.39 is 99.7 Å². The van der Waals surface area contributed by atoms with Crippen molar-refractivity contribution in [3.05, 3.63) is 143 Å². The van der Waals surface area contributed by atoms with Gasteiger partial charge in [-0.25, -0.2) is 25.6 Å². The molecule has 147 heavy (non-hydrogen) atoms. The van der Waals surface area contributed by atoms with E-state index in [1.165, 1.54) is 56.2 Å². The molecule has 2 N–H and O–H groups in total. The van der Waals surface area contributed by atoms with E-state index in [1.807, 2.05) is 145 Å². The number of hydrogen-bond acceptors (Lipinski definition) is 26. The van der Waals surface area contributed by atoms with Crippen molar-refractivity contribution in [1.29, 1.82) is 0 Å². The van der Waals surface area contributed by atoms with Gasteiger partial charge in [-0.3, -0.25) is 38.4 Å². The minimum atomic E-state index is -5.81. The molecule has 830 valence electrons. The summed E-state index contributed by atoms with van der Waals surface area (Å²) < 4.78 is 171. The highest BCUT2D eigenvalue weighted by atomic mass is 32.2. The Balaban J connectivity index is 0.000000345. The van der Waals surface area contributed by atoms with Crippen LogP contribution in [0.15, 0.2) is 118 Å². The first-order chi connectivity index (χ1) is 68.2. The molecule has 12 atom stereocenters. The Labute approximate surface area is 883 Å². The Morgan fingerprint density at radius 1 is 0.456 bits per heavy atom. The van der Waals surface area contributed by atoms with Gasteiger partial charge in [0.05, 0.1) is 86.5 Å². The fourth-order valence-corrected chi connectivity index (χ4v) is 17.7. The Morgan fingerprint density at radius 3 is 1.21 bits per heavy atom. The number of carbonyl (C=O) groups is 8. The monoisotopic (exact) mass is 2150 g/mol. The molecule has 0 radical (unpaired) electrons. The predicted molar refractivity (Wildman–Crippen MR) is 563 cm³/mol. The lowest BCUT2D eigenvalue weighted by atomic mass is 9.87. The number of esters is 8. The van der Waals surface area contributed by atoms with E-state index in [4.69, 9.17) is 52.8 Å². The van der Waals surface area contributed by atoms with Gasteiger partial charge in [-0.2, -0.15) is 8.78 Å². The average Bonchev–Trinajstić information content (AvgIpc) is 1.58. The second-order valence-corrected chi connectivity index (χ2v) is 48.2. The summed E-state index contributed by atoms with van der Waals surface area (Å²) in [6.07, 6.45) is 19.4. The lowest BCUT2D eigenvalue weighted by molar-refractivity contribution is -0.171. The largest absolute Gasteiger partial charge is 0.748 e. The van der Waals surface area contributed by atoms with Gasteiger partial charge in [-0.05, 0) is 338 Å². The SMILES string of the molecule is CC(C)(C)c1ccc([SH2+])cc1.CCC(C)(C)C(=O)OC1C2CC3C(=O)OC1C3O2.CCC(C)(C)C(=O)OCCCOC1C2CC3C(=O)OC1C3C2.CCC(C)(C)C(=O)OCCCS(=O)(=O)[O-].CCC(C)(C)C(=O)Oc1c(F)c(F)c(S(=O)(=O)[O-])c(F)c1F.CCC(C)c1ccc(O)cc1.CCC(C)c1ccc(O)cc1.CCC1(OC(=O)C(C)(C)CC)CCCC1.CCC1(OC(=O)C(C)(C)CC)CCCC1.[SH2+]c1ccccc1. The molecular formula is C113H170F4O26S4. The highest BCUT2D eigenvalue weighted by molar-refractivity contribution is 7.86. The molecule has 0 amide bonds. The van der Waals surface area contributed by atoms with Gasteiger partial charge in [0.2, 0.25) is 17.4 Å². The number of rotatable bonds is 32. The van der Waals surface area contributed by atoms with Gasteiger partial charge in [0.25, 0.3) is 0 Å². The van der Waals surface area contributed by atoms with Gasteiger partial charge < -0.3 is 66.7 Å². The van der Waals surface area contributed by atoms with Gasteiger partial charge in [0, 0.05) is 18.1 Å². The van der Waals surface area contributed by atoms with Crippen LogP contribution in [0.3, 0.4) is 0 Å². The second kappa shape index (κ2) is 57.9. The van der Waals surface area contributed by atoms with Crippen LogP contribution in [0.5, 0.6) is 17.2 Å². The fraction of sp³-hybridized carbons (Fsp3) is 0.664. The molecule has 13 rings (SSSR count). The summed E-state index contributed by atoms with van der Waals surface area (Å²) in [5.74, 6) is -11.2. The summed E-state index contributed by atoms with van der Waals surface area (Å²) in [5.41, 5.74) is 0.603. The smallest absolute Gasteiger partial charge is 0.317 e. The number of ether oxygens (including phenoxy) is 10. The summed E-state index contributed by atoms with van der Waals surface area (Å²) >= 11 is 6.82. The molecule has 4 aliphatic heterocycles. The van der Waals surface area contributed by atoms with E-state index in [1.54, 1.807) is 45.0 Å². The van der Waals surface area contributed by atoms with Crippen molar-refractivity contribution in [1.82, 2.24) is 0 Å². The molecule has 4 heterocycles. The Bertz CT molecular complexity index is 5110. The minimum absolute atomic E-state index is 0.0197. The molecule has 5 aromatic carbocycles. The summed E-state index contributed by atoms with van der Waals surface area (Å²) in [7, 11) is -10.0. The zero-order valence-corrected chi connectivity index (χ0v) is 95.5. The number of halogens is 4. The number of fused-ring (bicyclic) bond motifs is 2. The first kappa shape index (κ1) is 131. The van der Waals surface area contributed by atoms with Crippen LogP contribution in [0, 0.1) is 79.4 Å². The molecule has 4 saturated carbocycles. The van der Waals surface area contributed by atoms with Crippen molar-refractivity contribution in [2.24, 2.45) is 56.2 Å². The molecule has 4 saturated heterocycles. The lowest BCUT2D eigenvalue weighted by Crippen LogP contribution is -2.42. The third kappa shape index (κ3) is 39.4. The molecule has 8 fully saturated rings. The van der Waals surface area contributed by atoms with Crippen LogP contribution in [0.1, 0.15) is 363 Å². The Kier molecular flexibility index (Phi) is 51.6. The number of hydrogen-bond donors (Lipinski definition) is 2. The van der Waals surface area contributed by atoms with Crippen LogP contribution in [-0.4, -0.2) is 157 Å². The lowest BCUT2D eigenvalue weighted by Gasteiger charge is -2.32. The summed E-state index contributed by atoms with van der Waals surface area (Å²) in [6.45, 7) is 53.5. The molecule has 26 nitrogen and oxygen atoms in total. The van der Waals surface area contributed by atoms with Crippen molar-refractivity contribution < 1.29 is 139 Å². The van der Waals surface area contributed by atoms with E-state index >= 15 is 0 Å². The maximum absolute atomic E-state index is 13.6. The van der Waals surface area contributed by atoms with Crippen LogP contribution in [-0.2, 0) is 132 Å². The normalized spacial score (nSPS) is 20.9. The Hall–Kier alpha value is -8.38. The van der Waals surface area contributed by atoms with Crippen molar-refractivity contribution in [3.63, 3.8) is 0 Å². The Morgan fingerprint density at radius 2 is 0.837 bits per heavy atom. The van der Waals surface area contributed by atoms with Gasteiger partial charge in [-0.15, -0.1) is 0 Å². The molecule has 4 bridgehead atoms. The second-order valence-electron chi connectivity index (χ2n) is 44.2. The number of benzene rings is 5. The molecule has 5 aromatic rings. The number of phenolic OH excluding ortho intramolecular Hbond substituents is 2. The number of carbonyl (C=O) groups excluding carboxylic acids is 8. The van der Waals surface area contributed by atoms with Gasteiger partial charge in [0.15, 0.2) is 23.8 Å². The highest BCUT2D eigenvalue weighted by Gasteiger charge is 2.66. The number of aromatic hydroxyl groups is 2. The van der Waals surface area contributed by atoms with Crippen LogP contribution >= 0.6 is 0 Å². The summed E-state index contributed by atoms with van der Waals surface area (Å²) in [6, 6.07) is 33.3. The van der Waals surface area contributed by atoms with E-state index in [0.717, 1.165) is 93.3 Å². The maximum atomic E-state index is 13.6. The third-order valence-electron chi connectivity index (χ3n) is 29.9. The van der Waals surface area contributed by atoms with Gasteiger partial charge >= 0.3 is 47.8 Å². The van der Waals surface area contributed by atoms with Crippen molar-refractivity contribution in [3.8, 4) is 17.2 Å². The molecule has 0 spiro atoms. The van der Waals surface area contributed by atoms with E-state index in [9.17, 15) is 81.9 Å². The standard InChI is InChI=1S/C17H26O5.C13H18O5.2C13H24O2.C12H12F4O5S.2C10H14O.C10H14S.C9H18O5S.C6H6S/c1-4-17(2,3)16(19)21-7-5-6-20-13-10-8-11-12(9-10)15(18)22-14(11)13;1-4-13(2,3)12(15)18-9-7-5-6-8(16-7)10(9)17-11(6)14;2*1-5-12(3,4)11(14)15-13(6-2)9-7-8-10-13;1-4-12(2,3)11(17)21-9-5(13)7(15)10(22(18,19)20)8(16)6(9)14;2*1-3-8(2)9-4-6-10(11)7-5-9;1-10(2,3)8-4-6-9(11)7-5-8;1-4-9(2,3)8(10)14-6-5-7-15(11,12)13;7-6-4-2-1-3-5-6/h10-14H,4-9H2,1-3H3;6-10H,4-5H2,1-3H3;2*5-10H2,1-4H3;4H2,1-3H3,(H,18,19,20);2*4-8,11H,3H2,1-2H3;4-7,11H,1-3H3;4-7H2,1-3H3,(H,11,12,13);1-5,7H. The van der Waals surface area contributed by atoms with Crippen LogP contribution in [0.4, 0.5) is 17.6 Å². The molecule has 0 aromatic heterocycles. The van der Waals surface area contributed by atoms with Gasteiger partial charge in [0.1, 0.15) is 59.7 Å². The molecule has 4 aliphatic carbocycles. The predicted octanol–water partition coefficient (Wildman–Crippen LogP) is 23.4. The summed E-state index contributed by atoms with van der Waals surface area (Å²) in [5, 5.41) is 18.0. The highest BCUT2D eigenvalue weighted by Crippen LogP contribution is 2.56. The zero-order valence-electron chi connectivity index (χ0n) is 91.9. The number of phenols is 2. The molecular weight excluding hydrogens is 1980 g/mol. The van der Waals surface area contributed by atoms with E-state index in [0.29, 0.717) is 74.1 Å². The van der Waals surface area contributed by atoms with Crippen molar-refractivity contribution >= 4 is 93.2 Å². The summed E-state index contributed by atoms with van der Waals surface area (Å²) in [4.78, 5) is 94.1. The van der Waals surface area contributed by atoms with E-state index in [-0.39, 0.29) is 125 Å². The third-order valence-corrected chi connectivity index (χ3v) is 32.2. The van der Waals surface area contributed by atoms with Crippen molar-refractivity contribution in [2.75, 3.05) is 25.6 Å². The fourth-order valence-electron chi connectivity index (χ4n) is 16.3. The quantitative estimate of drug-likeness (QED) is 0.00590. The van der Waals surface area contributed by atoms with Crippen LogP contribution in [0.25, 0.3) is 0 Å². The van der Waals surface area contributed by atoms with Crippen LogP contribution in [0.2, 0.25) is 0 Å². The minimum Gasteiger partial charge on any atom is -0.748 e. The topological polar surface area (TPSA) is 384 Å². The average molecular weight is 2150 g/mol. The first-order valence-electron chi connectivity index (χ1n) is 52.0.